The van der Waals surface area contributed by atoms with Crippen LogP contribution in [0.1, 0.15) is 57.9 Å². The van der Waals surface area contributed by atoms with Crippen LogP contribution in [-0.4, -0.2) is 30.8 Å². The first-order valence-corrected chi connectivity index (χ1v) is 9.30. The topological polar surface area (TPSA) is 58.6 Å². The molecule has 4 heteroatoms. The predicted molar refractivity (Wildman–Crippen MR) is 98.7 cm³/mol. The zero-order chi connectivity index (χ0) is 17.6. The van der Waals surface area contributed by atoms with Gasteiger partial charge in [-0.1, -0.05) is 38.8 Å². The number of aryl methyl sites for hydroxylation is 1. The largest absolute Gasteiger partial charge is 0.493 e. The molecule has 0 aliphatic carbocycles. The molecule has 0 aliphatic heterocycles. The fraction of sp³-hybridized carbons (Fsp3) is 0.650. The molecule has 4 nitrogen and oxygen atoms in total. The maximum atomic E-state index is 10.4. The Morgan fingerprint density at radius 2 is 1.79 bits per heavy atom. The third-order valence-electron chi connectivity index (χ3n) is 4.14. The van der Waals surface area contributed by atoms with Gasteiger partial charge in [-0.3, -0.25) is 4.79 Å². The van der Waals surface area contributed by atoms with E-state index >= 15 is 0 Å². The molecule has 0 atom stereocenters. The summed E-state index contributed by atoms with van der Waals surface area (Å²) in [4.78, 5) is 10.4. The molecule has 2 N–H and O–H groups in total. The minimum absolute atomic E-state index is 0.184. The summed E-state index contributed by atoms with van der Waals surface area (Å²) in [6.45, 7) is 6.66. The van der Waals surface area contributed by atoms with Crippen molar-refractivity contribution < 1.29 is 14.6 Å². The summed E-state index contributed by atoms with van der Waals surface area (Å²) in [5.41, 5.74) is 1.29. The van der Waals surface area contributed by atoms with E-state index in [0.717, 1.165) is 31.7 Å². The van der Waals surface area contributed by atoms with Crippen molar-refractivity contribution in [3.05, 3.63) is 29.8 Å². The van der Waals surface area contributed by atoms with Gasteiger partial charge in [-0.05, 0) is 55.8 Å². The van der Waals surface area contributed by atoms with Gasteiger partial charge < -0.3 is 15.2 Å². The first kappa shape index (κ1) is 20.5. The third-order valence-corrected chi connectivity index (χ3v) is 4.14. The average Bonchev–Trinajstić information content (AvgIpc) is 2.57. The van der Waals surface area contributed by atoms with E-state index in [-0.39, 0.29) is 6.42 Å². The summed E-state index contributed by atoms with van der Waals surface area (Å²) >= 11 is 0. The molecule has 1 aromatic rings. The molecule has 0 saturated heterocycles. The summed E-state index contributed by atoms with van der Waals surface area (Å²) < 4.78 is 5.94. The second-order valence-corrected chi connectivity index (χ2v) is 6.40. The van der Waals surface area contributed by atoms with Gasteiger partial charge >= 0.3 is 5.97 Å². The van der Waals surface area contributed by atoms with Crippen LogP contribution in [0.5, 0.6) is 5.75 Å². The SMILES string of the molecule is CCCC(CCC)COc1ccc(CCCNCCC(=O)O)cc1. The maximum Gasteiger partial charge on any atom is 0.304 e. The van der Waals surface area contributed by atoms with E-state index in [0.29, 0.717) is 12.5 Å². The number of nitrogens with one attached hydrogen (secondary N) is 1. The van der Waals surface area contributed by atoms with Gasteiger partial charge in [0.2, 0.25) is 0 Å². The summed E-state index contributed by atoms with van der Waals surface area (Å²) in [6, 6.07) is 8.37. The number of benzene rings is 1. The molecule has 136 valence electrons. The van der Waals surface area contributed by atoms with Gasteiger partial charge in [0.1, 0.15) is 5.75 Å². The van der Waals surface area contributed by atoms with Gasteiger partial charge in [0.15, 0.2) is 0 Å². The van der Waals surface area contributed by atoms with Crippen LogP contribution >= 0.6 is 0 Å². The molecule has 1 aromatic carbocycles. The number of carbonyl (C=O) groups is 1. The zero-order valence-electron chi connectivity index (χ0n) is 15.2. The number of carboxylic acid groups (broad SMARTS) is 1. The summed E-state index contributed by atoms with van der Waals surface area (Å²) in [7, 11) is 0. The van der Waals surface area contributed by atoms with Crippen LogP contribution in [0, 0.1) is 5.92 Å². The van der Waals surface area contributed by atoms with Crippen molar-refractivity contribution in [3.8, 4) is 5.75 Å². The van der Waals surface area contributed by atoms with Gasteiger partial charge in [0.25, 0.3) is 0 Å². The highest BCUT2D eigenvalue weighted by Crippen LogP contribution is 2.18. The molecule has 0 bridgehead atoms. The molecular formula is C20H33NO3. The number of hydrogen-bond donors (Lipinski definition) is 2. The Balaban J connectivity index is 2.23. The number of carboxylic acids is 1. The number of aliphatic carboxylic acids is 1. The molecule has 0 aromatic heterocycles. The average molecular weight is 335 g/mol. The standard InChI is InChI=1S/C20H33NO3/c1-3-6-18(7-4-2)16-24-19-11-9-17(10-12-19)8-5-14-21-15-13-20(22)23/h9-12,18,21H,3-8,13-16H2,1-2H3,(H,22,23). The van der Waals surface area contributed by atoms with Crippen molar-refractivity contribution in [2.24, 2.45) is 5.92 Å². The molecule has 0 saturated carbocycles. The van der Waals surface area contributed by atoms with Crippen molar-refractivity contribution >= 4 is 5.97 Å². The van der Waals surface area contributed by atoms with Gasteiger partial charge in [-0.25, -0.2) is 0 Å². The lowest BCUT2D eigenvalue weighted by molar-refractivity contribution is -0.136. The molecule has 0 radical (unpaired) electrons. The quantitative estimate of drug-likeness (QED) is 0.498. The summed E-state index contributed by atoms with van der Waals surface area (Å²) in [5, 5.41) is 11.7. The Bertz CT molecular complexity index is 439. The number of rotatable bonds is 14. The molecule has 0 spiro atoms. The number of ether oxygens (including phenoxy) is 1. The highest BCUT2D eigenvalue weighted by atomic mass is 16.5. The van der Waals surface area contributed by atoms with Gasteiger partial charge in [-0.2, -0.15) is 0 Å². The van der Waals surface area contributed by atoms with Crippen LogP contribution in [0.15, 0.2) is 24.3 Å². The van der Waals surface area contributed by atoms with Crippen molar-refractivity contribution in [3.63, 3.8) is 0 Å². The monoisotopic (exact) mass is 335 g/mol. The van der Waals surface area contributed by atoms with E-state index < -0.39 is 5.97 Å². The fourth-order valence-electron chi connectivity index (χ4n) is 2.83. The second kappa shape index (κ2) is 12.8. The second-order valence-electron chi connectivity index (χ2n) is 6.40. The third kappa shape index (κ3) is 9.56. The summed E-state index contributed by atoms with van der Waals surface area (Å²) in [6.07, 6.45) is 7.09. The van der Waals surface area contributed by atoms with Gasteiger partial charge in [0.05, 0.1) is 13.0 Å². The van der Waals surface area contributed by atoms with E-state index in [4.69, 9.17) is 9.84 Å². The van der Waals surface area contributed by atoms with Crippen LogP contribution in [0.2, 0.25) is 0 Å². The summed E-state index contributed by atoms with van der Waals surface area (Å²) in [5.74, 6) is 0.866. The molecule has 0 heterocycles. The highest BCUT2D eigenvalue weighted by molar-refractivity contribution is 5.66. The Hall–Kier alpha value is -1.55. The van der Waals surface area contributed by atoms with E-state index in [1.54, 1.807) is 0 Å². The normalized spacial score (nSPS) is 11.0. The molecule has 0 unspecified atom stereocenters. The van der Waals surface area contributed by atoms with Crippen molar-refractivity contribution in [2.45, 2.75) is 58.8 Å². The van der Waals surface area contributed by atoms with E-state index in [1.165, 1.54) is 31.2 Å². The lowest BCUT2D eigenvalue weighted by atomic mass is 9.99. The minimum atomic E-state index is -0.752. The predicted octanol–water partition coefficient (Wildman–Crippen LogP) is 4.28. The zero-order valence-corrected chi connectivity index (χ0v) is 15.2. The Kier molecular flexibility index (Phi) is 10.9. The van der Waals surface area contributed by atoms with E-state index in [2.05, 4.69) is 43.4 Å². The Morgan fingerprint density at radius 1 is 1.12 bits per heavy atom. The smallest absolute Gasteiger partial charge is 0.304 e. The highest BCUT2D eigenvalue weighted by Gasteiger charge is 2.07. The molecular weight excluding hydrogens is 302 g/mol. The van der Waals surface area contributed by atoms with Crippen LogP contribution in [0.3, 0.4) is 0 Å². The minimum Gasteiger partial charge on any atom is -0.493 e. The first-order valence-electron chi connectivity index (χ1n) is 9.30. The molecule has 1 rings (SSSR count). The van der Waals surface area contributed by atoms with Gasteiger partial charge in [0, 0.05) is 6.54 Å². The van der Waals surface area contributed by atoms with Crippen LogP contribution in [-0.2, 0) is 11.2 Å². The molecule has 0 fully saturated rings. The van der Waals surface area contributed by atoms with Crippen LogP contribution in [0.25, 0.3) is 0 Å². The van der Waals surface area contributed by atoms with Crippen molar-refractivity contribution in [2.75, 3.05) is 19.7 Å². The van der Waals surface area contributed by atoms with Crippen LogP contribution < -0.4 is 10.1 Å². The molecule has 0 amide bonds. The van der Waals surface area contributed by atoms with E-state index in [9.17, 15) is 4.79 Å². The molecule has 24 heavy (non-hydrogen) atoms. The van der Waals surface area contributed by atoms with Gasteiger partial charge in [-0.15, -0.1) is 0 Å². The lowest BCUT2D eigenvalue weighted by Crippen LogP contribution is -2.19. The Labute approximate surface area is 146 Å². The number of hydrogen-bond acceptors (Lipinski definition) is 3. The first-order chi connectivity index (χ1) is 11.7. The molecule has 0 aliphatic rings. The van der Waals surface area contributed by atoms with Crippen LogP contribution in [0.4, 0.5) is 0 Å². The van der Waals surface area contributed by atoms with E-state index in [1.807, 2.05) is 0 Å². The lowest BCUT2D eigenvalue weighted by Gasteiger charge is -2.16. The Morgan fingerprint density at radius 3 is 2.38 bits per heavy atom. The van der Waals surface area contributed by atoms with Crippen molar-refractivity contribution in [1.29, 1.82) is 0 Å². The van der Waals surface area contributed by atoms with Crippen molar-refractivity contribution in [1.82, 2.24) is 5.32 Å². The fourth-order valence-corrected chi connectivity index (χ4v) is 2.83. The maximum absolute atomic E-state index is 10.4.